The Labute approximate surface area is 183 Å². The van der Waals surface area contributed by atoms with E-state index in [-0.39, 0.29) is 0 Å². The number of nitrogens with one attached hydrogen (secondary N) is 1. The Hall–Kier alpha value is -4.10. The van der Waals surface area contributed by atoms with Gasteiger partial charge in [0.15, 0.2) is 0 Å². The number of para-hydroxylation sites is 1. The summed E-state index contributed by atoms with van der Waals surface area (Å²) in [7, 11) is 0. The maximum Gasteiger partial charge on any atom is 0.0470 e. The van der Waals surface area contributed by atoms with Gasteiger partial charge in [-0.05, 0) is 46.0 Å². The summed E-state index contributed by atoms with van der Waals surface area (Å²) in [4.78, 5) is 0. The summed E-state index contributed by atoms with van der Waals surface area (Å²) in [6.07, 6.45) is 0. The van der Waals surface area contributed by atoms with Crippen molar-refractivity contribution in [3.8, 4) is 33.4 Å². The van der Waals surface area contributed by atoms with Crippen molar-refractivity contribution in [2.75, 3.05) is 5.32 Å². The van der Waals surface area contributed by atoms with Gasteiger partial charge in [-0.15, -0.1) is 0 Å². The zero-order valence-electron chi connectivity index (χ0n) is 17.2. The summed E-state index contributed by atoms with van der Waals surface area (Å²) in [6.45, 7) is 0. The van der Waals surface area contributed by atoms with Crippen molar-refractivity contribution < 1.29 is 0 Å². The van der Waals surface area contributed by atoms with Crippen molar-refractivity contribution in [1.29, 1.82) is 0 Å². The molecule has 0 aliphatic rings. The fourth-order valence-electron chi connectivity index (χ4n) is 4.05. The molecule has 0 radical (unpaired) electrons. The van der Waals surface area contributed by atoms with Crippen LogP contribution in [0.1, 0.15) is 0 Å². The summed E-state index contributed by atoms with van der Waals surface area (Å²) in [5.74, 6) is 0. The minimum atomic E-state index is 1.08. The highest BCUT2D eigenvalue weighted by molar-refractivity contribution is 6.00. The van der Waals surface area contributed by atoms with Crippen LogP contribution in [-0.4, -0.2) is 0 Å². The lowest BCUT2D eigenvalue weighted by Crippen LogP contribution is -1.98. The highest BCUT2D eigenvalue weighted by atomic mass is 14.9. The van der Waals surface area contributed by atoms with Crippen LogP contribution in [0, 0.1) is 0 Å². The average molecular weight is 398 g/mol. The van der Waals surface area contributed by atoms with E-state index in [0.29, 0.717) is 0 Å². The van der Waals surface area contributed by atoms with Gasteiger partial charge in [-0.25, -0.2) is 0 Å². The smallest absolute Gasteiger partial charge is 0.0470 e. The molecule has 5 aromatic carbocycles. The molecule has 0 amide bonds. The molecule has 0 saturated carbocycles. The molecule has 0 atom stereocenters. The third kappa shape index (κ3) is 3.99. The second kappa shape index (κ2) is 8.73. The quantitative estimate of drug-likeness (QED) is 0.314. The van der Waals surface area contributed by atoms with Gasteiger partial charge in [0.2, 0.25) is 0 Å². The molecule has 1 N–H and O–H groups in total. The molecule has 148 valence electrons. The minimum Gasteiger partial charge on any atom is -0.355 e. The normalized spacial score (nSPS) is 10.6. The van der Waals surface area contributed by atoms with Gasteiger partial charge in [0.25, 0.3) is 0 Å². The molecule has 0 bridgehead atoms. The van der Waals surface area contributed by atoms with Gasteiger partial charge in [-0.2, -0.15) is 0 Å². The van der Waals surface area contributed by atoms with E-state index in [1.54, 1.807) is 0 Å². The molecule has 0 spiro atoms. The van der Waals surface area contributed by atoms with Gasteiger partial charge in [0.1, 0.15) is 0 Å². The van der Waals surface area contributed by atoms with Crippen LogP contribution in [0.5, 0.6) is 0 Å². The highest BCUT2D eigenvalue weighted by Gasteiger charge is 2.18. The van der Waals surface area contributed by atoms with E-state index in [1.807, 2.05) is 6.07 Å². The molecule has 0 unspecified atom stereocenters. The van der Waals surface area contributed by atoms with Gasteiger partial charge in [0, 0.05) is 16.9 Å². The Morgan fingerprint density at radius 1 is 0.355 bits per heavy atom. The summed E-state index contributed by atoms with van der Waals surface area (Å²) >= 11 is 0. The molecule has 0 saturated heterocycles. The Morgan fingerprint density at radius 3 is 1.35 bits per heavy atom. The van der Waals surface area contributed by atoms with Crippen molar-refractivity contribution in [3.05, 3.63) is 133 Å². The first-order chi connectivity index (χ1) is 15.4. The van der Waals surface area contributed by atoms with E-state index in [0.717, 1.165) is 11.4 Å². The maximum atomic E-state index is 3.66. The molecular formula is C30H23N. The lowest BCUT2D eigenvalue weighted by molar-refractivity contribution is 1.51. The van der Waals surface area contributed by atoms with Crippen LogP contribution in [0.2, 0.25) is 0 Å². The van der Waals surface area contributed by atoms with Crippen LogP contribution in [0.15, 0.2) is 133 Å². The third-order valence-electron chi connectivity index (χ3n) is 5.47. The first kappa shape index (κ1) is 18.9. The molecule has 0 aromatic heterocycles. The van der Waals surface area contributed by atoms with E-state index >= 15 is 0 Å². The van der Waals surface area contributed by atoms with Crippen LogP contribution in [0.4, 0.5) is 11.4 Å². The minimum absolute atomic E-state index is 1.08. The van der Waals surface area contributed by atoms with Gasteiger partial charge < -0.3 is 5.32 Å². The highest BCUT2D eigenvalue weighted by Crippen LogP contribution is 2.44. The predicted molar refractivity (Wildman–Crippen MR) is 132 cm³/mol. The first-order valence-corrected chi connectivity index (χ1v) is 10.6. The Balaban J connectivity index is 1.81. The van der Waals surface area contributed by atoms with Gasteiger partial charge in [-0.1, -0.05) is 115 Å². The van der Waals surface area contributed by atoms with E-state index in [4.69, 9.17) is 0 Å². The van der Waals surface area contributed by atoms with Crippen molar-refractivity contribution in [2.45, 2.75) is 0 Å². The molecular weight excluding hydrogens is 374 g/mol. The fraction of sp³-hybridized carbons (Fsp3) is 0. The standard InChI is InChI=1S/C30H23N/c1-5-13-23(14-6-1)27-21-22-28(31-26-19-11-4-12-20-26)30(25-17-9-3-10-18-25)29(27)24-15-7-2-8-16-24/h1-22,31H. The van der Waals surface area contributed by atoms with Gasteiger partial charge >= 0.3 is 0 Å². The lowest BCUT2D eigenvalue weighted by Gasteiger charge is -2.21. The largest absolute Gasteiger partial charge is 0.355 e. The van der Waals surface area contributed by atoms with Crippen LogP contribution < -0.4 is 5.32 Å². The molecule has 31 heavy (non-hydrogen) atoms. The van der Waals surface area contributed by atoms with Crippen molar-refractivity contribution in [1.82, 2.24) is 0 Å². The first-order valence-electron chi connectivity index (χ1n) is 10.6. The Kier molecular flexibility index (Phi) is 5.32. The van der Waals surface area contributed by atoms with Crippen LogP contribution >= 0.6 is 0 Å². The zero-order valence-corrected chi connectivity index (χ0v) is 17.2. The number of rotatable bonds is 5. The van der Waals surface area contributed by atoms with Crippen molar-refractivity contribution >= 4 is 11.4 Å². The summed E-state index contributed by atoms with van der Waals surface area (Å²) in [5, 5.41) is 3.66. The van der Waals surface area contributed by atoms with E-state index < -0.39 is 0 Å². The summed E-state index contributed by atoms with van der Waals surface area (Å²) < 4.78 is 0. The maximum absolute atomic E-state index is 3.66. The van der Waals surface area contributed by atoms with Gasteiger partial charge in [-0.3, -0.25) is 0 Å². The molecule has 0 fully saturated rings. The lowest BCUT2D eigenvalue weighted by atomic mass is 9.86. The van der Waals surface area contributed by atoms with Gasteiger partial charge in [0.05, 0.1) is 0 Å². The summed E-state index contributed by atoms with van der Waals surface area (Å²) in [6, 6.07) is 46.7. The van der Waals surface area contributed by atoms with Crippen LogP contribution in [0.3, 0.4) is 0 Å². The van der Waals surface area contributed by atoms with E-state index in [9.17, 15) is 0 Å². The molecule has 1 nitrogen and oxygen atoms in total. The van der Waals surface area contributed by atoms with E-state index in [1.165, 1.54) is 33.4 Å². The fourth-order valence-corrected chi connectivity index (χ4v) is 4.05. The average Bonchev–Trinajstić information content (AvgIpc) is 2.86. The monoisotopic (exact) mass is 397 g/mol. The Bertz CT molecular complexity index is 1260. The number of anilines is 2. The molecule has 0 heterocycles. The molecule has 0 aliphatic carbocycles. The Morgan fingerprint density at radius 2 is 0.806 bits per heavy atom. The third-order valence-corrected chi connectivity index (χ3v) is 5.47. The van der Waals surface area contributed by atoms with Crippen LogP contribution in [-0.2, 0) is 0 Å². The van der Waals surface area contributed by atoms with E-state index in [2.05, 4.69) is 133 Å². The number of hydrogen-bond acceptors (Lipinski definition) is 1. The molecule has 0 aliphatic heterocycles. The number of hydrogen-bond donors (Lipinski definition) is 1. The van der Waals surface area contributed by atoms with Crippen molar-refractivity contribution in [3.63, 3.8) is 0 Å². The van der Waals surface area contributed by atoms with Crippen molar-refractivity contribution in [2.24, 2.45) is 0 Å². The zero-order chi connectivity index (χ0) is 20.9. The SMILES string of the molecule is c1ccc(Nc2ccc(-c3ccccc3)c(-c3ccccc3)c2-c2ccccc2)cc1. The molecule has 5 aromatic rings. The predicted octanol–water partition coefficient (Wildman–Crippen LogP) is 8.43. The second-order valence-corrected chi connectivity index (χ2v) is 7.50. The second-order valence-electron chi connectivity index (χ2n) is 7.50. The molecule has 1 heteroatoms. The number of benzene rings is 5. The van der Waals surface area contributed by atoms with Crippen LogP contribution in [0.25, 0.3) is 33.4 Å². The summed E-state index contributed by atoms with van der Waals surface area (Å²) in [5.41, 5.74) is 9.45. The topological polar surface area (TPSA) is 12.0 Å². The molecule has 5 rings (SSSR count).